The summed E-state index contributed by atoms with van der Waals surface area (Å²) >= 11 is 0. The molecular weight excluding hydrogens is 696 g/mol. The molecule has 6 rings (SSSR count). The summed E-state index contributed by atoms with van der Waals surface area (Å²) < 4.78 is 77.6. The number of hydrogen-bond donors (Lipinski definition) is 0. The van der Waals surface area contributed by atoms with E-state index in [2.05, 4.69) is 24.3 Å². The van der Waals surface area contributed by atoms with Crippen molar-refractivity contribution in [3.8, 4) is 11.4 Å². The van der Waals surface area contributed by atoms with Crippen molar-refractivity contribution in [3.05, 3.63) is 155 Å². The Morgan fingerprint density at radius 3 is 1.29 bits per heavy atom. The third kappa shape index (κ3) is 14.8. The van der Waals surface area contributed by atoms with Crippen molar-refractivity contribution >= 4 is 0 Å². The molecule has 0 fully saturated rings. The Balaban J connectivity index is 0.000000273. The molecule has 268 valence electrons. The summed E-state index contributed by atoms with van der Waals surface area (Å²) in [6.07, 6.45) is 20.0. The zero-order valence-corrected chi connectivity index (χ0v) is 30.8. The van der Waals surface area contributed by atoms with E-state index in [4.69, 9.17) is 18.9 Å². The van der Waals surface area contributed by atoms with Crippen LogP contribution in [0.15, 0.2) is 85.0 Å². The molecule has 0 N–H and O–H groups in total. The van der Waals surface area contributed by atoms with E-state index < -0.39 is 23.3 Å². The Bertz CT molecular complexity index is 1580. The fourth-order valence-electron chi connectivity index (χ4n) is 4.63. The molecule has 0 unspecified atom stereocenters. The first-order chi connectivity index (χ1) is 24.3. The van der Waals surface area contributed by atoms with E-state index in [1.807, 2.05) is 74.5 Å². The van der Waals surface area contributed by atoms with Gasteiger partial charge < -0.3 is 28.1 Å². The molecule has 2 aromatic heterocycles. The van der Waals surface area contributed by atoms with E-state index in [0.717, 1.165) is 35.6 Å². The molecule has 6 nitrogen and oxygen atoms in total. The van der Waals surface area contributed by atoms with Crippen LogP contribution in [0.4, 0.5) is 17.6 Å². The summed E-state index contributed by atoms with van der Waals surface area (Å²) in [4.78, 5) is 0. The third-order valence-electron chi connectivity index (χ3n) is 7.01. The molecule has 0 spiro atoms. The predicted molar refractivity (Wildman–Crippen MR) is 185 cm³/mol. The topological polar surface area (TPSA) is 46.8 Å². The van der Waals surface area contributed by atoms with Crippen molar-refractivity contribution in [3.63, 3.8) is 0 Å². The van der Waals surface area contributed by atoms with Crippen LogP contribution in [0, 0.1) is 61.4 Å². The molecule has 0 amide bonds. The van der Waals surface area contributed by atoms with Gasteiger partial charge in [0, 0.05) is 60.3 Å². The fourth-order valence-corrected chi connectivity index (χ4v) is 4.63. The molecule has 0 saturated heterocycles. The molecule has 0 radical (unpaired) electrons. The van der Waals surface area contributed by atoms with Gasteiger partial charge in [0.1, 0.15) is 0 Å². The van der Waals surface area contributed by atoms with E-state index >= 15 is 0 Å². The molecule has 2 aliphatic rings. The van der Waals surface area contributed by atoms with Gasteiger partial charge in [0.15, 0.2) is 0 Å². The minimum absolute atomic E-state index is 0. The van der Waals surface area contributed by atoms with Crippen molar-refractivity contribution in [2.24, 2.45) is 0 Å². The van der Waals surface area contributed by atoms with Gasteiger partial charge in [-0.15, -0.1) is 49.2 Å². The van der Waals surface area contributed by atoms with E-state index in [1.165, 1.54) is 24.3 Å². The molecule has 51 heavy (non-hydrogen) atoms. The summed E-state index contributed by atoms with van der Waals surface area (Å²) in [6, 6.07) is 16.7. The largest absolute Gasteiger partial charge is 4.00 e. The second-order valence-corrected chi connectivity index (χ2v) is 10.7. The van der Waals surface area contributed by atoms with Gasteiger partial charge in [0.2, 0.25) is 0 Å². The molecule has 4 aromatic rings. The maximum Gasteiger partial charge on any atom is 4.00 e. The van der Waals surface area contributed by atoms with Gasteiger partial charge in [-0.1, -0.05) is 0 Å². The average Bonchev–Trinajstić information content (AvgIpc) is 3.94. The Labute approximate surface area is 313 Å². The van der Waals surface area contributed by atoms with Crippen LogP contribution in [0.2, 0.25) is 0 Å². The van der Waals surface area contributed by atoms with E-state index in [1.54, 1.807) is 23.4 Å². The van der Waals surface area contributed by atoms with Crippen LogP contribution in [0.3, 0.4) is 0 Å². The number of methoxy groups -OCH3 is 2. The van der Waals surface area contributed by atoms with Crippen molar-refractivity contribution in [1.29, 1.82) is 0 Å². The van der Waals surface area contributed by atoms with E-state index in [-0.39, 0.29) is 33.1 Å². The summed E-state index contributed by atoms with van der Waals surface area (Å²) in [5.41, 5.74) is 3.79. The first kappa shape index (κ1) is 43.4. The average molecular weight is 739 g/mol. The first-order valence-electron chi connectivity index (χ1n) is 15.9. The number of aryl methyl sites for hydroxylation is 2. The van der Waals surface area contributed by atoms with Gasteiger partial charge in [-0.2, -0.15) is 12.2 Å². The number of hydrogen-bond acceptors (Lipinski definition) is 4. The zero-order chi connectivity index (χ0) is 36.1. The summed E-state index contributed by atoms with van der Waals surface area (Å²) in [5, 5.41) is 0. The standard InChI is InChI=1S/2C15H16F2NO2.2C5H5.Ti/c2*1-11-3-5-13(10-20-8-7-19-2)18(11)15-6-4-12(16)9-14(15)17;2*1-2-4-5-3-1;/h2*3-6H,7-8,10H2,1-2H3;2*1-3H,4H2;/q4*-1;+4. The number of halogens is 4. The van der Waals surface area contributed by atoms with Crippen LogP contribution in [0.1, 0.15) is 35.6 Å². The smallest absolute Gasteiger partial charge is 0.382 e. The van der Waals surface area contributed by atoms with Gasteiger partial charge >= 0.3 is 21.7 Å². The van der Waals surface area contributed by atoms with Crippen molar-refractivity contribution in [1.82, 2.24) is 9.13 Å². The summed E-state index contributed by atoms with van der Waals surface area (Å²) in [6.45, 7) is 6.26. The molecule has 2 aliphatic carbocycles. The molecule has 0 aliphatic heterocycles. The number of aromatic nitrogens is 2. The van der Waals surface area contributed by atoms with Crippen LogP contribution < -0.4 is 0 Å². The van der Waals surface area contributed by atoms with Crippen LogP contribution in [0.5, 0.6) is 0 Å². The predicted octanol–water partition coefficient (Wildman–Crippen LogP) is 8.66. The molecule has 0 bridgehead atoms. The molecule has 11 heteroatoms. The summed E-state index contributed by atoms with van der Waals surface area (Å²) in [5.74, 6) is -2.87. The van der Waals surface area contributed by atoms with Crippen molar-refractivity contribution < 1.29 is 58.2 Å². The number of ether oxygens (including phenoxy) is 4. The SMILES string of the molecule is COCCOCc1ccc(C)n1-c1ccc(F)[c-]c1F.COCCOCc1ccc(C)n1-c1ccc(F)[c-]c1F.[C-]1=CC=CC1.[C-]1=CC=CC1.[Ti+4]. The molecule has 2 heterocycles. The third-order valence-corrected chi connectivity index (χ3v) is 7.01. The van der Waals surface area contributed by atoms with Crippen LogP contribution in [0.25, 0.3) is 11.4 Å². The molecular formula is C40H42F4N2O4Ti. The Morgan fingerprint density at radius 2 is 1.00 bits per heavy atom. The van der Waals surface area contributed by atoms with Crippen LogP contribution >= 0.6 is 0 Å². The Morgan fingerprint density at radius 1 is 0.588 bits per heavy atom. The van der Waals surface area contributed by atoms with Crippen LogP contribution in [-0.4, -0.2) is 49.8 Å². The van der Waals surface area contributed by atoms with Gasteiger partial charge in [-0.25, -0.2) is 41.9 Å². The van der Waals surface area contributed by atoms with Crippen LogP contribution in [-0.2, 0) is 53.9 Å². The molecule has 0 atom stereocenters. The summed E-state index contributed by atoms with van der Waals surface area (Å²) in [7, 11) is 3.19. The minimum atomic E-state index is -0.720. The van der Waals surface area contributed by atoms with Crippen molar-refractivity contribution in [2.45, 2.75) is 39.9 Å². The maximum absolute atomic E-state index is 13.8. The van der Waals surface area contributed by atoms with Gasteiger partial charge in [0.05, 0.1) is 39.6 Å². The van der Waals surface area contributed by atoms with Gasteiger partial charge in [-0.3, -0.25) is 12.2 Å². The second-order valence-electron chi connectivity index (χ2n) is 10.7. The second kappa shape index (κ2) is 24.4. The van der Waals surface area contributed by atoms with Gasteiger partial charge in [-0.05, 0) is 49.5 Å². The number of allylic oxidation sites excluding steroid dienone is 8. The molecule has 0 saturated carbocycles. The van der Waals surface area contributed by atoms with Gasteiger partial charge in [0.25, 0.3) is 0 Å². The Hall–Kier alpha value is -3.77. The zero-order valence-electron chi connectivity index (χ0n) is 29.3. The van der Waals surface area contributed by atoms with E-state index in [9.17, 15) is 17.6 Å². The first-order valence-corrected chi connectivity index (χ1v) is 15.9. The quantitative estimate of drug-likeness (QED) is 0.0632. The number of benzene rings is 2. The number of rotatable bonds is 12. The fraction of sp³-hybridized carbons (Fsp3) is 0.300. The van der Waals surface area contributed by atoms with E-state index in [0.29, 0.717) is 39.6 Å². The number of nitrogens with zero attached hydrogens (tertiary/aromatic N) is 2. The minimum Gasteiger partial charge on any atom is -0.382 e. The van der Waals surface area contributed by atoms with Crippen molar-refractivity contribution in [2.75, 3.05) is 40.6 Å². The maximum atomic E-state index is 13.8. The molecule has 2 aromatic carbocycles. The Kier molecular flexibility index (Phi) is 20.8. The monoisotopic (exact) mass is 738 g/mol. The normalized spacial score (nSPS) is 12.1.